The number of aromatic nitrogens is 3. The van der Waals surface area contributed by atoms with Gasteiger partial charge in [0.15, 0.2) is 5.65 Å². The maximum absolute atomic E-state index is 12.9. The molecule has 0 unspecified atom stereocenters. The fourth-order valence-corrected chi connectivity index (χ4v) is 2.94. The van der Waals surface area contributed by atoms with Gasteiger partial charge in [-0.05, 0) is 25.1 Å². The lowest BCUT2D eigenvalue weighted by Crippen LogP contribution is -2.13. The molecule has 4 aromatic rings. The average Bonchev–Trinajstić information content (AvgIpc) is 3.11. The van der Waals surface area contributed by atoms with Crippen molar-refractivity contribution >= 4 is 22.6 Å². The highest BCUT2D eigenvalue weighted by molar-refractivity contribution is 6.12. The zero-order chi connectivity index (χ0) is 17.9. The van der Waals surface area contributed by atoms with Crippen LogP contribution in [0, 0.1) is 0 Å². The Kier molecular flexibility index (Phi) is 4.19. The number of carbonyl (C=O) groups is 1. The van der Waals surface area contributed by atoms with Gasteiger partial charge in [-0.15, -0.1) is 0 Å². The average molecular weight is 342 g/mol. The lowest BCUT2D eigenvalue weighted by atomic mass is 10.1. The summed E-state index contributed by atoms with van der Waals surface area (Å²) in [5.41, 5.74) is 3.76. The van der Waals surface area contributed by atoms with Crippen molar-refractivity contribution in [3.63, 3.8) is 0 Å². The molecule has 128 valence electrons. The molecule has 0 aliphatic heterocycles. The van der Waals surface area contributed by atoms with E-state index in [-0.39, 0.29) is 5.91 Å². The van der Waals surface area contributed by atoms with Gasteiger partial charge in [-0.1, -0.05) is 48.5 Å². The molecule has 0 saturated carbocycles. The van der Waals surface area contributed by atoms with Crippen LogP contribution in [0.15, 0.2) is 72.9 Å². The zero-order valence-corrected chi connectivity index (χ0v) is 14.4. The summed E-state index contributed by atoms with van der Waals surface area (Å²) in [7, 11) is 0. The van der Waals surface area contributed by atoms with Crippen molar-refractivity contribution in [2.24, 2.45) is 0 Å². The molecule has 1 amide bonds. The smallest absolute Gasteiger partial charge is 0.256 e. The molecule has 0 radical (unpaired) electrons. The van der Waals surface area contributed by atoms with Crippen molar-refractivity contribution in [2.75, 3.05) is 5.32 Å². The summed E-state index contributed by atoms with van der Waals surface area (Å²) in [5.74, 6) is -0.170. The SMILES string of the molecule is CCn1ncc2c(C(=O)Nc3ccccc3)cc(-c3ccccc3)nc21. The Morgan fingerprint density at radius 3 is 2.42 bits per heavy atom. The van der Waals surface area contributed by atoms with Crippen molar-refractivity contribution in [1.82, 2.24) is 14.8 Å². The van der Waals surface area contributed by atoms with Crippen molar-refractivity contribution in [2.45, 2.75) is 13.5 Å². The highest BCUT2D eigenvalue weighted by Gasteiger charge is 2.17. The van der Waals surface area contributed by atoms with E-state index in [0.29, 0.717) is 17.8 Å². The first-order valence-electron chi connectivity index (χ1n) is 8.54. The lowest BCUT2D eigenvalue weighted by molar-refractivity contribution is 0.102. The number of rotatable bonds is 4. The van der Waals surface area contributed by atoms with E-state index in [4.69, 9.17) is 4.98 Å². The van der Waals surface area contributed by atoms with Crippen molar-refractivity contribution in [1.29, 1.82) is 0 Å². The number of hydrogen-bond acceptors (Lipinski definition) is 3. The van der Waals surface area contributed by atoms with E-state index in [9.17, 15) is 4.79 Å². The summed E-state index contributed by atoms with van der Waals surface area (Å²) in [6, 6.07) is 21.1. The van der Waals surface area contributed by atoms with E-state index in [1.165, 1.54) is 0 Å². The summed E-state index contributed by atoms with van der Waals surface area (Å²) in [6.45, 7) is 2.70. The third-order valence-corrected chi connectivity index (χ3v) is 4.25. The molecule has 4 rings (SSSR count). The predicted molar refractivity (Wildman–Crippen MR) is 103 cm³/mol. The summed E-state index contributed by atoms with van der Waals surface area (Å²) in [4.78, 5) is 17.7. The number of hydrogen-bond donors (Lipinski definition) is 1. The van der Waals surface area contributed by atoms with Gasteiger partial charge in [-0.25, -0.2) is 9.67 Å². The van der Waals surface area contributed by atoms with E-state index in [1.807, 2.05) is 73.7 Å². The lowest BCUT2D eigenvalue weighted by Gasteiger charge is -2.09. The summed E-state index contributed by atoms with van der Waals surface area (Å²) in [5, 5.41) is 8.08. The molecular formula is C21H18N4O. The molecule has 26 heavy (non-hydrogen) atoms. The molecule has 0 bridgehead atoms. The Bertz CT molecular complexity index is 1060. The largest absolute Gasteiger partial charge is 0.322 e. The highest BCUT2D eigenvalue weighted by Crippen LogP contribution is 2.25. The van der Waals surface area contributed by atoms with E-state index in [2.05, 4.69) is 10.4 Å². The van der Waals surface area contributed by atoms with Gasteiger partial charge in [0, 0.05) is 17.8 Å². The Balaban J connectivity index is 1.84. The number of nitrogens with zero attached hydrogens (tertiary/aromatic N) is 3. The number of para-hydroxylation sites is 1. The van der Waals surface area contributed by atoms with Gasteiger partial charge in [0.1, 0.15) is 0 Å². The molecule has 0 aliphatic carbocycles. The van der Waals surface area contributed by atoms with Crippen LogP contribution >= 0.6 is 0 Å². The Morgan fingerprint density at radius 2 is 1.73 bits per heavy atom. The topological polar surface area (TPSA) is 59.8 Å². The number of amides is 1. The fraction of sp³-hybridized carbons (Fsp3) is 0.0952. The minimum atomic E-state index is -0.170. The monoisotopic (exact) mass is 342 g/mol. The minimum absolute atomic E-state index is 0.170. The van der Waals surface area contributed by atoms with Crippen LogP contribution in [0.2, 0.25) is 0 Å². The van der Waals surface area contributed by atoms with Crippen LogP contribution in [-0.4, -0.2) is 20.7 Å². The summed E-state index contributed by atoms with van der Waals surface area (Å²) < 4.78 is 1.81. The third-order valence-electron chi connectivity index (χ3n) is 4.25. The Hall–Kier alpha value is -3.47. The first-order valence-corrected chi connectivity index (χ1v) is 8.54. The van der Waals surface area contributed by atoms with Gasteiger partial charge >= 0.3 is 0 Å². The molecule has 1 N–H and O–H groups in total. The van der Waals surface area contributed by atoms with E-state index < -0.39 is 0 Å². The van der Waals surface area contributed by atoms with Crippen LogP contribution < -0.4 is 5.32 Å². The quantitative estimate of drug-likeness (QED) is 0.599. The predicted octanol–water partition coefficient (Wildman–Crippen LogP) is 4.37. The van der Waals surface area contributed by atoms with Gasteiger partial charge in [-0.3, -0.25) is 4.79 Å². The second kappa shape index (κ2) is 6.80. The Labute approximate surface area is 151 Å². The first-order chi connectivity index (χ1) is 12.8. The van der Waals surface area contributed by atoms with Crippen LogP contribution in [0.5, 0.6) is 0 Å². The first kappa shape index (κ1) is 16.0. The fourth-order valence-electron chi connectivity index (χ4n) is 2.94. The molecule has 5 nitrogen and oxygen atoms in total. The number of benzene rings is 2. The molecule has 2 heterocycles. The highest BCUT2D eigenvalue weighted by atomic mass is 16.1. The second-order valence-electron chi connectivity index (χ2n) is 5.94. The molecule has 0 aliphatic rings. The van der Waals surface area contributed by atoms with Crippen LogP contribution in [0.4, 0.5) is 5.69 Å². The number of aryl methyl sites for hydroxylation is 1. The van der Waals surface area contributed by atoms with Gasteiger partial charge in [0.05, 0.1) is 22.8 Å². The van der Waals surface area contributed by atoms with Crippen molar-refractivity contribution in [3.05, 3.63) is 78.5 Å². The number of fused-ring (bicyclic) bond motifs is 1. The van der Waals surface area contributed by atoms with Gasteiger partial charge < -0.3 is 5.32 Å². The van der Waals surface area contributed by atoms with Gasteiger partial charge in [0.2, 0.25) is 0 Å². The molecule has 2 aromatic heterocycles. The molecular weight excluding hydrogens is 324 g/mol. The van der Waals surface area contributed by atoms with Gasteiger partial charge in [0.25, 0.3) is 5.91 Å². The van der Waals surface area contributed by atoms with E-state index >= 15 is 0 Å². The normalized spacial score (nSPS) is 10.8. The molecule has 0 spiro atoms. The van der Waals surface area contributed by atoms with Crippen LogP contribution in [0.25, 0.3) is 22.3 Å². The molecule has 0 fully saturated rings. The second-order valence-corrected chi connectivity index (χ2v) is 5.94. The number of nitrogens with one attached hydrogen (secondary N) is 1. The maximum atomic E-state index is 12.9. The number of carbonyl (C=O) groups excluding carboxylic acids is 1. The molecule has 5 heteroatoms. The van der Waals surface area contributed by atoms with Crippen LogP contribution in [-0.2, 0) is 6.54 Å². The summed E-state index contributed by atoms with van der Waals surface area (Å²) in [6.07, 6.45) is 1.71. The minimum Gasteiger partial charge on any atom is -0.322 e. The number of pyridine rings is 1. The third kappa shape index (κ3) is 2.95. The Morgan fingerprint density at radius 1 is 1.04 bits per heavy atom. The molecule has 0 saturated heterocycles. The van der Waals surface area contributed by atoms with Crippen molar-refractivity contribution in [3.8, 4) is 11.3 Å². The van der Waals surface area contributed by atoms with Crippen LogP contribution in [0.1, 0.15) is 17.3 Å². The van der Waals surface area contributed by atoms with Gasteiger partial charge in [-0.2, -0.15) is 5.10 Å². The number of anilines is 1. The van der Waals surface area contributed by atoms with Crippen LogP contribution in [0.3, 0.4) is 0 Å². The zero-order valence-electron chi connectivity index (χ0n) is 14.4. The molecule has 0 atom stereocenters. The van der Waals surface area contributed by atoms with Crippen molar-refractivity contribution < 1.29 is 4.79 Å². The molecule has 2 aromatic carbocycles. The van der Waals surface area contributed by atoms with E-state index in [0.717, 1.165) is 22.3 Å². The maximum Gasteiger partial charge on any atom is 0.256 e. The standard InChI is InChI=1S/C21H18N4O/c1-2-25-20-18(14-22-25)17(21(26)23-16-11-7-4-8-12-16)13-19(24-20)15-9-5-3-6-10-15/h3-14H,2H2,1H3,(H,23,26). The summed E-state index contributed by atoms with van der Waals surface area (Å²) >= 11 is 0. The van der Waals surface area contributed by atoms with E-state index in [1.54, 1.807) is 10.9 Å².